The second-order valence-corrected chi connectivity index (χ2v) is 9.22. The minimum atomic E-state index is -0.393. The highest BCUT2D eigenvalue weighted by molar-refractivity contribution is 6.46. The molecule has 6 heteroatoms. The molecule has 178 valence electrons. The fourth-order valence-corrected chi connectivity index (χ4v) is 4.32. The Bertz CT molecular complexity index is 1360. The van der Waals surface area contributed by atoms with E-state index in [0.29, 0.717) is 53.1 Å². The van der Waals surface area contributed by atoms with Crippen molar-refractivity contribution in [1.29, 1.82) is 0 Å². The third-order valence-electron chi connectivity index (χ3n) is 6.51. The fraction of sp³-hybridized carbons (Fsp3) is 0.241. The number of rotatable bonds is 5. The second-order valence-electron chi connectivity index (χ2n) is 9.22. The smallest absolute Gasteiger partial charge is 0.282 e. The first-order chi connectivity index (χ1) is 16.8. The molecule has 2 heterocycles. The Morgan fingerprint density at radius 1 is 0.800 bits per heavy atom. The van der Waals surface area contributed by atoms with Gasteiger partial charge in [0.15, 0.2) is 11.5 Å². The van der Waals surface area contributed by atoms with Crippen LogP contribution in [-0.4, -0.2) is 25.0 Å². The van der Waals surface area contributed by atoms with Gasteiger partial charge in [-0.15, -0.1) is 0 Å². The Morgan fingerprint density at radius 2 is 1.51 bits per heavy atom. The van der Waals surface area contributed by atoms with E-state index in [4.69, 9.17) is 9.47 Å². The van der Waals surface area contributed by atoms with Crippen molar-refractivity contribution in [3.05, 3.63) is 88.6 Å². The summed E-state index contributed by atoms with van der Waals surface area (Å²) in [6, 6.07) is 18.8. The molecule has 0 aromatic heterocycles. The van der Waals surface area contributed by atoms with Crippen LogP contribution >= 0.6 is 0 Å². The highest BCUT2D eigenvalue weighted by atomic mass is 16.6. The van der Waals surface area contributed by atoms with Crippen molar-refractivity contribution in [3.63, 3.8) is 0 Å². The highest BCUT2D eigenvalue weighted by Crippen LogP contribution is 2.37. The lowest BCUT2D eigenvalue weighted by atomic mass is 9.99. The van der Waals surface area contributed by atoms with Crippen LogP contribution in [-0.2, 0) is 9.59 Å². The van der Waals surface area contributed by atoms with Gasteiger partial charge in [0.1, 0.15) is 18.9 Å². The third-order valence-corrected chi connectivity index (χ3v) is 6.51. The maximum absolute atomic E-state index is 13.7. The number of imide groups is 1. The summed E-state index contributed by atoms with van der Waals surface area (Å²) in [6.45, 7) is 9.19. The first-order valence-electron chi connectivity index (χ1n) is 11.8. The number of carbonyl (C=O) groups is 2. The van der Waals surface area contributed by atoms with E-state index >= 15 is 0 Å². The van der Waals surface area contributed by atoms with Crippen LogP contribution in [0.25, 0.3) is 5.57 Å². The number of aryl methyl sites for hydroxylation is 2. The average molecular weight is 469 g/mol. The van der Waals surface area contributed by atoms with E-state index in [9.17, 15) is 9.59 Å². The molecule has 0 radical (unpaired) electrons. The molecule has 2 aliphatic heterocycles. The summed E-state index contributed by atoms with van der Waals surface area (Å²) >= 11 is 0. The summed E-state index contributed by atoms with van der Waals surface area (Å²) in [6.07, 6.45) is 0. The minimum absolute atomic E-state index is 0.239. The largest absolute Gasteiger partial charge is 0.486 e. The molecule has 1 N–H and O–H groups in total. The van der Waals surface area contributed by atoms with E-state index in [2.05, 4.69) is 19.2 Å². The van der Waals surface area contributed by atoms with Crippen molar-refractivity contribution >= 4 is 28.8 Å². The van der Waals surface area contributed by atoms with Gasteiger partial charge in [0.25, 0.3) is 11.8 Å². The van der Waals surface area contributed by atoms with Crippen molar-refractivity contribution < 1.29 is 19.1 Å². The molecular formula is C29H28N2O4. The van der Waals surface area contributed by atoms with Gasteiger partial charge in [0.05, 0.1) is 11.3 Å². The lowest BCUT2D eigenvalue weighted by molar-refractivity contribution is -0.120. The number of nitrogens with one attached hydrogen (secondary N) is 1. The van der Waals surface area contributed by atoms with Crippen LogP contribution in [0.5, 0.6) is 11.5 Å². The molecule has 0 aliphatic carbocycles. The van der Waals surface area contributed by atoms with Gasteiger partial charge in [0.2, 0.25) is 0 Å². The van der Waals surface area contributed by atoms with Gasteiger partial charge in [-0.3, -0.25) is 9.59 Å². The van der Waals surface area contributed by atoms with Gasteiger partial charge in [0, 0.05) is 11.8 Å². The molecule has 5 rings (SSSR count). The minimum Gasteiger partial charge on any atom is -0.486 e. The molecule has 0 saturated heterocycles. The molecule has 0 bridgehead atoms. The standard InChI is InChI=1S/C29H28N2O4/c1-17(2)20-7-10-23(11-8-20)31-28(32)26(21-6-5-18(3)19(4)15-21)27(29(31)33)30-22-9-12-24-25(16-22)35-14-13-34-24/h5-12,15-17,30H,13-14H2,1-4H3. The first-order valence-corrected chi connectivity index (χ1v) is 11.8. The Kier molecular flexibility index (Phi) is 5.81. The molecule has 3 aromatic rings. The molecule has 0 spiro atoms. The summed E-state index contributed by atoms with van der Waals surface area (Å²) < 4.78 is 11.3. The first kappa shape index (κ1) is 22.7. The van der Waals surface area contributed by atoms with Crippen molar-refractivity contribution in [3.8, 4) is 11.5 Å². The van der Waals surface area contributed by atoms with Crippen LogP contribution < -0.4 is 19.7 Å². The van der Waals surface area contributed by atoms with Crippen LogP contribution in [0, 0.1) is 13.8 Å². The van der Waals surface area contributed by atoms with Gasteiger partial charge in [-0.25, -0.2) is 4.90 Å². The Labute approximate surface area is 205 Å². The van der Waals surface area contributed by atoms with E-state index in [0.717, 1.165) is 16.7 Å². The Morgan fingerprint density at radius 3 is 2.20 bits per heavy atom. The number of fused-ring (bicyclic) bond motifs is 1. The topological polar surface area (TPSA) is 67.9 Å². The molecule has 2 aliphatic rings. The molecule has 2 amide bonds. The predicted octanol–water partition coefficient (Wildman–Crippen LogP) is 5.59. The number of amides is 2. The molecular weight excluding hydrogens is 440 g/mol. The van der Waals surface area contributed by atoms with E-state index in [1.807, 2.05) is 62.4 Å². The quantitative estimate of drug-likeness (QED) is 0.494. The number of anilines is 2. The van der Waals surface area contributed by atoms with Crippen LogP contribution in [0.4, 0.5) is 11.4 Å². The second kappa shape index (κ2) is 8.95. The zero-order valence-corrected chi connectivity index (χ0v) is 20.3. The predicted molar refractivity (Wildman–Crippen MR) is 137 cm³/mol. The van der Waals surface area contributed by atoms with Crippen LogP contribution in [0.2, 0.25) is 0 Å². The molecule has 0 fully saturated rings. The summed E-state index contributed by atoms with van der Waals surface area (Å²) in [5, 5.41) is 3.22. The van der Waals surface area contributed by atoms with E-state index in [-0.39, 0.29) is 11.6 Å². The van der Waals surface area contributed by atoms with Gasteiger partial charge in [-0.05, 0) is 66.3 Å². The maximum atomic E-state index is 13.7. The highest BCUT2D eigenvalue weighted by Gasteiger charge is 2.40. The van der Waals surface area contributed by atoms with Crippen molar-refractivity contribution in [2.75, 3.05) is 23.4 Å². The van der Waals surface area contributed by atoms with Crippen molar-refractivity contribution in [1.82, 2.24) is 0 Å². The van der Waals surface area contributed by atoms with Gasteiger partial charge in [-0.2, -0.15) is 0 Å². The number of benzene rings is 3. The number of nitrogens with zero attached hydrogens (tertiary/aromatic N) is 1. The lowest BCUT2D eigenvalue weighted by Crippen LogP contribution is -2.32. The number of hydrogen-bond acceptors (Lipinski definition) is 5. The molecule has 3 aromatic carbocycles. The molecule has 0 saturated carbocycles. The summed E-state index contributed by atoms with van der Waals surface area (Å²) in [5.41, 5.74) is 5.79. The molecule has 0 atom stereocenters. The third kappa shape index (κ3) is 4.16. The van der Waals surface area contributed by atoms with E-state index < -0.39 is 5.91 Å². The van der Waals surface area contributed by atoms with Crippen LogP contribution in [0.1, 0.15) is 42.0 Å². The molecule has 35 heavy (non-hydrogen) atoms. The normalized spacial score (nSPS) is 15.3. The molecule has 6 nitrogen and oxygen atoms in total. The van der Waals surface area contributed by atoms with Crippen LogP contribution in [0.3, 0.4) is 0 Å². The van der Waals surface area contributed by atoms with E-state index in [1.165, 1.54) is 4.90 Å². The zero-order valence-electron chi connectivity index (χ0n) is 20.3. The van der Waals surface area contributed by atoms with Gasteiger partial charge < -0.3 is 14.8 Å². The number of ether oxygens (including phenoxy) is 2. The Balaban J connectivity index is 1.57. The maximum Gasteiger partial charge on any atom is 0.282 e. The van der Waals surface area contributed by atoms with Gasteiger partial charge in [-0.1, -0.05) is 44.2 Å². The van der Waals surface area contributed by atoms with Crippen molar-refractivity contribution in [2.24, 2.45) is 0 Å². The zero-order chi connectivity index (χ0) is 24.7. The monoisotopic (exact) mass is 468 g/mol. The Hall–Kier alpha value is -4.06. The summed E-state index contributed by atoms with van der Waals surface area (Å²) in [4.78, 5) is 28.7. The number of hydrogen-bond donors (Lipinski definition) is 1. The van der Waals surface area contributed by atoms with Crippen molar-refractivity contribution in [2.45, 2.75) is 33.6 Å². The average Bonchev–Trinajstić information content (AvgIpc) is 3.10. The summed E-state index contributed by atoms with van der Waals surface area (Å²) in [5.74, 6) is 0.870. The molecule has 0 unspecified atom stereocenters. The SMILES string of the molecule is Cc1ccc(C2=C(Nc3ccc4c(c3)OCCO4)C(=O)N(c3ccc(C(C)C)cc3)C2=O)cc1C. The van der Waals surface area contributed by atoms with Crippen LogP contribution in [0.15, 0.2) is 66.4 Å². The summed E-state index contributed by atoms with van der Waals surface area (Å²) in [7, 11) is 0. The number of carbonyl (C=O) groups excluding carboxylic acids is 2. The van der Waals surface area contributed by atoms with Gasteiger partial charge >= 0.3 is 0 Å². The fourth-order valence-electron chi connectivity index (χ4n) is 4.32. The lowest BCUT2D eigenvalue weighted by Gasteiger charge is -2.19. The van der Waals surface area contributed by atoms with E-state index in [1.54, 1.807) is 12.1 Å².